The van der Waals surface area contributed by atoms with Crippen molar-refractivity contribution in [3.05, 3.63) is 108 Å². The second kappa shape index (κ2) is 8.79. The van der Waals surface area contributed by atoms with Crippen LogP contribution in [0.4, 0.5) is 10.1 Å². The van der Waals surface area contributed by atoms with Gasteiger partial charge >= 0.3 is 0 Å². The van der Waals surface area contributed by atoms with Crippen LogP contribution in [0.2, 0.25) is 0 Å². The normalized spacial score (nSPS) is 18.1. The van der Waals surface area contributed by atoms with Gasteiger partial charge < -0.3 is 14.6 Å². The summed E-state index contributed by atoms with van der Waals surface area (Å²) in [5.74, 6) is 1.60. The molecule has 6 heteroatoms. The van der Waals surface area contributed by atoms with Gasteiger partial charge in [0.1, 0.15) is 23.4 Å². The van der Waals surface area contributed by atoms with Crippen molar-refractivity contribution in [2.45, 2.75) is 31.8 Å². The van der Waals surface area contributed by atoms with E-state index in [0.29, 0.717) is 16.8 Å². The first kappa shape index (κ1) is 21.3. The summed E-state index contributed by atoms with van der Waals surface area (Å²) in [6, 6.07) is 24.1. The first-order valence-corrected chi connectivity index (χ1v) is 11.4. The fourth-order valence-electron chi connectivity index (χ4n) is 4.22. The number of nitrogens with one attached hydrogen (secondary N) is 1. The molecule has 4 aromatic rings. The molecule has 1 aliphatic rings. The maximum absolute atomic E-state index is 13.4. The molecule has 1 aliphatic heterocycles. The lowest BCUT2D eigenvalue weighted by Gasteiger charge is -2.26. The molecule has 2 aromatic heterocycles. The Morgan fingerprint density at radius 3 is 2.39 bits per heavy atom. The van der Waals surface area contributed by atoms with Crippen LogP contribution in [0.5, 0.6) is 0 Å². The van der Waals surface area contributed by atoms with Gasteiger partial charge in [0.25, 0.3) is 0 Å². The fourth-order valence-corrected chi connectivity index (χ4v) is 4.57. The highest BCUT2D eigenvalue weighted by Crippen LogP contribution is 2.43. The van der Waals surface area contributed by atoms with E-state index in [1.54, 1.807) is 18.3 Å². The lowest BCUT2D eigenvalue weighted by atomic mass is 10.0. The Labute approximate surface area is 198 Å². The quantitative estimate of drug-likeness (QED) is 0.335. The highest BCUT2D eigenvalue weighted by atomic mass is 32.1. The van der Waals surface area contributed by atoms with E-state index in [9.17, 15) is 4.39 Å². The summed E-state index contributed by atoms with van der Waals surface area (Å²) in [5, 5.41) is 4.06. The molecule has 5 rings (SSSR count). The maximum atomic E-state index is 13.4. The Balaban J connectivity index is 1.57. The van der Waals surface area contributed by atoms with Crippen LogP contribution < -0.4 is 10.2 Å². The third-order valence-corrected chi connectivity index (χ3v) is 6.30. The fraction of sp³-hybridized carbons (Fsp3) is 0.185. The van der Waals surface area contributed by atoms with Crippen LogP contribution in [-0.2, 0) is 0 Å². The van der Waals surface area contributed by atoms with E-state index in [1.165, 1.54) is 17.7 Å². The van der Waals surface area contributed by atoms with Gasteiger partial charge in [0.2, 0.25) is 0 Å². The number of pyridine rings is 1. The van der Waals surface area contributed by atoms with Crippen molar-refractivity contribution in [2.75, 3.05) is 4.90 Å². The summed E-state index contributed by atoms with van der Waals surface area (Å²) in [5.41, 5.74) is 3.95. The highest BCUT2D eigenvalue weighted by molar-refractivity contribution is 7.80. The molecular formula is C27H24FN3OS. The highest BCUT2D eigenvalue weighted by Gasteiger charge is 2.42. The summed E-state index contributed by atoms with van der Waals surface area (Å²) in [7, 11) is 0. The second-order valence-corrected chi connectivity index (χ2v) is 8.84. The van der Waals surface area contributed by atoms with Crippen LogP contribution in [0.1, 0.15) is 48.9 Å². The van der Waals surface area contributed by atoms with E-state index in [-0.39, 0.29) is 17.9 Å². The molecule has 33 heavy (non-hydrogen) atoms. The van der Waals surface area contributed by atoms with Crippen molar-refractivity contribution >= 4 is 23.0 Å². The van der Waals surface area contributed by atoms with Gasteiger partial charge in [-0.15, -0.1) is 0 Å². The van der Waals surface area contributed by atoms with Crippen molar-refractivity contribution in [1.29, 1.82) is 0 Å². The molecule has 0 saturated carbocycles. The van der Waals surface area contributed by atoms with Gasteiger partial charge in [-0.05, 0) is 84.4 Å². The van der Waals surface area contributed by atoms with Crippen LogP contribution in [0.25, 0.3) is 11.3 Å². The average molecular weight is 458 g/mol. The van der Waals surface area contributed by atoms with E-state index < -0.39 is 0 Å². The second-order valence-electron chi connectivity index (χ2n) is 8.45. The standard InChI is InChI=1S/C27H24FN3OS/c1-17(2)18-8-12-21(13-9-18)31-26(25(30-27(31)33)22-5-3-4-16-29-22)24-15-14-23(32-24)19-6-10-20(28)11-7-19/h3-17,25-26H,1-2H3,(H,30,33). The number of aromatic nitrogens is 1. The largest absolute Gasteiger partial charge is 0.459 e. The minimum Gasteiger partial charge on any atom is -0.459 e. The van der Waals surface area contributed by atoms with E-state index >= 15 is 0 Å². The Morgan fingerprint density at radius 1 is 0.970 bits per heavy atom. The van der Waals surface area contributed by atoms with Gasteiger partial charge in [0, 0.05) is 17.4 Å². The molecule has 1 saturated heterocycles. The first-order valence-electron chi connectivity index (χ1n) is 11.0. The number of thiocarbonyl (C=S) groups is 1. The van der Waals surface area contributed by atoms with E-state index in [4.69, 9.17) is 16.6 Å². The molecule has 3 heterocycles. The van der Waals surface area contributed by atoms with E-state index in [0.717, 1.165) is 22.7 Å². The van der Waals surface area contributed by atoms with Gasteiger partial charge in [-0.1, -0.05) is 32.0 Å². The minimum atomic E-state index is -0.276. The number of rotatable bonds is 5. The molecule has 2 aromatic carbocycles. The molecule has 0 radical (unpaired) electrons. The van der Waals surface area contributed by atoms with Crippen LogP contribution in [0.3, 0.4) is 0 Å². The Bertz CT molecular complexity index is 1250. The van der Waals surface area contributed by atoms with Gasteiger partial charge in [-0.25, -0.2) is 4.39 Å². The molecule has 1 fully saturated rings. The number of hydrogen-bond acceptors (Lipinski definition) is 3. The zero-order chi connectivity index (χ0) is 22.9. The predicted octanol–water partition coefficient (Wildman–Crippen LogP) is 6.78. The number of benzene rings is 2. The first-order chi connectivity index (χ1) is 16.0. The molecule has 0 spiro atoms. The summed E-state index contributed by atoms with van der Waals surface area (Å²) in [6.45, 7) is 4.35. The number of hydrogen-bond donors (Lipinski definition) is 1. The number of furan rings is 1. The lowest BCUT2D eigenvalue weighted by Crippen LogP contribution is -2.29. The Hall–Kier alpha value is -3.51. The summed E-state index contributed by atoms with van der Waals surface area (Å²) in [6.07, 6.45) is 1.78. The topological polar surface area (TPSA) is 41.3 Å². The zero-order valence-electron chi connectivity index (χ0n) is 18.4. The minimum absolute atomic E-state index is 0.185. The molecule has 0 aliphatic carbocycles. The molecule has 166 valence electrons. The van der Waals surface area contributed by atoms with Crippen molar-refractivity contribution in [2.24, 2.45) is 0 Å². The number of nitrogens with zero attached hydrogens (tertiary/aromatic N) is 2. The summed E-state index contributed by atoms with van der Waals surface area (Å²) in [4.78, 5) is 6.67. The average Bonchev–Trinajstić information content (AvgIpc) is 3.45. The van der Waals surface area contributed by atoms with E-state index in [2.05, 4.69) is 53.3 Å². The van der Waals surface area contributed by atoms with Crippen molar-refractivity contribution in [1.82, 2.24) is 10.3 Å². The van der Waals surface area contributed by atoms with Crippen molar-refractivity contribution < 1.29 is 8.81 Å². The molecule has 0 bridgehead atoms. The predicted molar refractivity (Wildman–Crippen MR) is 133 cm³/mol. The lowest BCUT2D eigenvalue weighted by molar-refractivity contribution is 0.439. The molecule has 2 unspecified atom stereocenters. The zero-order valence-corrected chi connectivity index (χ0v) is 19.2. The van der Waals surface area contributed by atoms with Crippen LogP contribution in [-0.4, -0.2) is 10.1 Å². The van der Waals surface area contributed by atoms with Gasteiger partial charge in [0.15, 0.2) is 5.11 Å². The molecule has 2 atom stereocenters. The van der Waals surface area contributed by atoms with Gasteiger partial charge in [-0.3, -0.25) is 4.98 Å². The number of halogens is 1. The van der Waals surface area contributed by atoms with Gasteiger partial charge in [0.05, 0.1) is 11.7 Å². The van der Waals surface area contributed by atoms with Crippen molar-refractivity contribution in [3.63, 3.8) is 0 Å². The maximum Gasteiger partial charge on any atom is 0.174 e. The molecule has 4 nitrogen and oxygen atoms in total. The summed E-state index contributed by atoms with van der Waals surface area (Å²) >= 11 is 5.78. The number of anilines is 1. The third-order valence-electron chi connectivity index (χ3n) is 5.98. The van der Waals surface area contributed by atoms with Crippen LogP contribution in [0.15, 0.2) is 89.5 Å². The Morgan fingerprint density at radius 2 is 1.73 bits per heavy atom. The SMILES string of the molecule is CC(C)c1ccc(N2C(=S)NC(c3ccccn3)C2c2ccc(-c3ccc(F)cc3)o2)cc1. The Kier molecular flexibility index (Phi) is 5.68. The van der Waals surface area contributed by atoms with Crippen LogP contribution in [0, 0.1) is 5.82 Å². The monoisotopic (exact) mass is 457 g/mol. The van der Waals surface area contributed by atoms with Crippen LogP contribution >= 0.6 is 12.2 Å². The molecule has 1 N–H and O–H groups in total. The van der Waals surface area contributed by atoms with Gasteiger partial charge in [-0.2, -0.15) is 0 Å². The smallest absolute Gasteiger partial charge is 0.174 e. The third kappa shape index (κ3) is 4.14. The summed E-state index contributed by atoms with van der Waals surface area (Å²) < 4.78 is 19.7. The van der Waals surface area contributed by atoms with Crippen molar-refractivity contribution in [3.8, 4) is 11.3 Å². The van der Waals surface area contributed by atoms with E-state index in [1.807, 2.05) is 30.3 Å². The molecule has 0 amide bonds. The molecular weight excluding hydrogens is 433 g/mol.